The molecule has 0 radical (unpaired) electrons. The molecule has 0 aliphatic carbocycles. The van der Waals surface area contributed by atoms with Crippen LogP contribution in [-0.2, 0) is 11.0 Å². The zero-order valence-corrected chi connectivity index (χ0v) is 9.61. The fraction of sp³-hybridized carbons (Fsp3) is 0.364. The minimum Gasteiger partial charge on any atom is -0.480 e. The van der Waals surface area contributed by atoms with Gasteiger partial charge < -0.3 is 15.7 Å². The number of hydrogen-bond acceptors (Lipinski definition) is 3. The van der Waals surface area contributed by atoms with Gasteiger partial charge in [-0.3, -0.25) is 4.79 Å². The van der Waals surface area contributed by atoms with Crippen LogP contribution < -0.4 is 10.6 Å². The maximum absolute atomic E-state index is 12.3. The smallest absolute Gasteiger partial charge is 0.416 e. The van der Waals surface area contributed by atoms with Crippen LogP contribution in [0.1, 0.15) is 5.56 Å². The SMILES string of the molecule is CN(CC(N)C(=O)O)c1ccc(C(F)(F)F)cc1. The van der Waals surface area contributed by atoms with Gasteiger partial charge in [0.1, 0.15) is 6.04 Å². The highest BCUT2D eigenvalue weighted by Gasteiger charge is 2.30. The predicted octanol–water partition coefficient (Wildman–Crippen LogP) is 1.55. The Morgan fingerprint density at radius 3 is 2.28 bits per heavy atom. The Bertz CT molecular complexity index is 417. The zero-order valence-electron chi connectivity index (χ0n) is 9.61. The van der Waals surface area contributed by atoms with Crippen molar-refractivity contribution in [2.24, 2.45) is 5.73 Å². The number of likely N-dealkylation sites (N-methyl/N-ethyl adjacent to an activating group) is 1. The molecule has 0 heterocycles. The predicted molar refractivity (Wildman–Crippen MR) is 60.3 cm³/mol. The summed E-state index contributed by atoms with van der Waals surface area (Å²) in [6.07, 6.45) is -4.38. The average Bonchev–Trinajstić information content (AvgIpc) is 2.27. The van der Waals surface area contributed by atoms with Crippen LogP contribution in [0.5, 0.6) is 0 Å². The second-order valence-electron chi connectivity index (χ2n) is 3.87. The van der Waals surface area contributed by atoms with Gasteiger partial charge in [-0.2, -0.15) is 13.2 Å². The molecule has 0 amide bonds. The van der Waals surface area contributed by atoms with Crippen molar-refractivity contribution in [2.45, 2.75) is 12.2 Å². The van der Waals surface area contributed by atoms with E-state index in [1.807, 2.05) is 0 Å². The topological polar surface area (TPSA) is 66.6 Å². The number of carboxylic acid groups (broad SMARTS) is 1. The Labute approximate surface area is 102 Å². The molecule has 0 bridgehead atoms. The van der Waals surface area contributed by atoms with Crippen molar-refractivity contribution in [1.29, 1.82) is 0 Å². The largest absolute Gasteiger partial charge is 0.480 e. The van der Waals surface area contributed by atoms with Crippen LogP contribution in [0.2, 0.25) is 0 Å². The molecule has 0 aliphatic rings. The molecule has 3 N–H and O–H groups in total. The summed E-state index contributed by atoms with van der Waals surface area (Å²) in [5.74, 6) is -1.16. The highest BCUT2D eigenvalue weighted by Crippen LogP contribution is 2.30. The fourth-order valence-corrected chi connectivity index (χ4v) is 1.38. The van der Waals surface area contributed by atoms with Gasteiger partial charge in [-0.15, -0.1) is 0 Å². The lowest BCUT2D eigenvalue weighted by Crippen LogP contribution is -2.41. The van der Waals surface area contributed by atoms with Gasteiger partial charge >= 0.3 is 12.1 Å². The summed E-state index contributed by atoms with van der Waals surface area (Å²) in [6, 6.07) is 3.35. The summed E-state index contributed by atoms with van der Waals surface area (Å²) in [6.45, 7) is 0.0146. The van der Waals surface area contributed by atoms with Gasteiger partial charge in [0.05, 0.1) is 5.56 Å². The second-order valence-corrected chi connectivity index (χ2v) is 3.87. The standard InChI is InChI=1S/C11H13F3N2O2/c1-16(6-9(15)10(17)18)8-4-2-7(3-5-8)11(12,13)14/h2-5,9H,6,15H2,1H3,(H,17,18). The molecule has 1 unspecified atom stereocenters. The van der Waals surface area contributed by atoms with Crippen molar-refractivity contribution in [3.63, 3.8) is 0 Å². The maximum Gasteiger partial charge on any atom is 0.416 e. The van der Waals surface area contributed by atoms with Gasteiger partial charge in [0.2, 0.25) is 0 Å². The molecule has 0 aromatic heterocycles. The maximum atomic E-state index is 12.3. The molecule has 0 saturated heterocycles. The van der Waals surface area contributed by atoms with E-state index in [2.05, 4.69) is 0 Å². The van der Waals surface area contributed by atoms with Gasteiger partial charge in [0.15, 0.2) is 0 Å². The average molecular weight is 262 g/mol. The van der Waals surface area contributed by atoms with E-state index >= 15 is 0 Å². The number of anilines is 1. The van der Waals surface area contributed by atoms with Gasteiger partial charge in [0, 0.05) is 19.3 Å². The molecule has 1 aromatic rings. The number of halogens is 3. The molecule has 7 heteroatoms. The number of carboxylic acids is 1. The van der Waals surface area contributed by atoms with E-state index in [-0.39, 0.29) is 6.54 Å². The number of benzene rings is 1. The van der Waals surface area contributed by atoms with Crippen molar-refractivity contribution < 1.29 is 23.1 Å². The normalized spacial score (nSPS) is 13.2. The minimum absolute atomic E-state index is 0.0146. The molecule has 1 atom stereocenters. The highest BCUT2D eigenvalue weighted by molar-refractivity contribution is 5.74. The summed E-state index contributed by atoms with van der Waals surface area (Å²) < 4.78 is 37.0. The molecule has 0 saturated carbocycles. The number of alkyl halides is 3. The number of nitrogens with zero attached hydrogens (tertiary/aromatic N) is 1. The van der Waals surface area contributed by atoms with Crippen LogP contribution in [0.15, 0.2) is 24.3 Å². The summed E-state index contributed by atoms with van der Waals surface area (Å²) >= 11 is 0. The molecule has 1 aromatic carbocycles. The molecule has 0 spiro atoms. The Morgan fingerprint density at radius 1 is 1.39 bits per heavy atom. The summed E-state index contributed by atoms with van der Waals surface area (Å²) in [7, 11) is 1.56. The molecular weight excluding hydrogens is 249 g/mol. The summed E-state index contributed by atoms with van der Waals surface area (Å²) in [5, 5.41) is 8.63. The molecule has 18 heavy (non-hydrogen) atoms. The van der Waals surface area contributed by atoms with Crippen molar-refractivity contribution in [3.05, 3.63) is 29.8 Å². The van der Waals surface area contributed by atoms with E-state index in [1.165, 1.54) is 17.0 Å². The lowest BCUT2D eigenvalue weighted by molar-refractivity contribution is -0.138. The molecular formula is C11H13F3N2O2. The van der Waals surface area contributed by atoms with Gasteiger partial charge in [-0.25, -0.2) is 0 Å². The van der Waals surface area contributed by atoms with Crippen LogP contribution in [0, 0.1) is 0 Å². The monoisotopic (exact) mass is 262 g/mol. The summed E-state index contributed by atoms with van der Waals surface area (Å²) in [4.78, 5) is 12.0. The van der Waals surface area contributed by atoms with Crippen LogP contribution in [0.4, 0.5) is 18.9 Å². The Kier molecular flexibility index (Phi) is 4.18. The van der Waals surface area contributed by atoms with Crippen LogP contribution in [0.3, 0.4) is 0 Å². The Balaban J connectivity index is 2.76. The second kappa shape index (κ2) is 5.26. The number of rotatable bonds is 4. The highest BCUT2D eigenvalue weighted by atomic mass is 19.4. The first kappa shape index (κ1) is 14.3. The third kappa shape index (κ3) is 3.63. The number of nitrogens with two attached hydrogens (primary N) is 1. The van der Waals surface area contributed by atoms with E-state index in [4.69, 9.17) is 10.8 Å². The number of carbonyl (C=O) groups is 1. The first-order chi connectivity index (χ1) is 8.21. The molecule has 4 nitrogen and oxygen atoms in total. The van der Waals surface area contributed by atoms with Gasteiger partial charge in [0.25, 0.3) is 0 Å². The molecule has 100 valence electrons. The lowest BCUT2D eigenvalue weighted by atomic mass is 10.2. The summed E-state index contributed by atoms with van der Waals surface area (Å²) in [5.41, 5.74) is 5.06. The minimum atomic E-state index is -4.38. The third-order valence-electron chi connectivity index (χ3n) is 2.42. The van der Waals surface area contributed by atoms with E-state index in [1.54, 1.807) is 7.05 Å². The molecule has 0 fully saturated rings. The van der Waals surface area contributed by atoms with Crippen molar-refractivity contribution in [1.82, 2.24) is 0 Å². The Morgan fingerprint density at radius 2 is 1.89 bits per heavy atom. The fourth-order valence-electron chi connectivity index (χ4n) is 1.38. The van der Waals surface area contributed by atoms with E-state index in [9.17, 15) is 18.0 Å². The van der Waals surface area contributed by atoms with Gasteiger partial charge in [-0.05, 0) is 24.3 Å². The zero-order chi connectivity index (χ0) is 13.9. The van der Waals surface area contributed by atoms with Crippen molar-refractivity contribution >= 4 is 11.7 Å². The molecule has 0 aliphatic heterocycles. The Hall–Kier alpha value is -1.76. The number of hydrogen-bond donors (Lipinski definition) is 2. The molecule has 1 rings (SSSR count). The van der Waals surface area contributed by atoms with E-state index in [0.29, 0.717) is 5.69 Å². The van der Waals surface area contributed by atoms with Crippen molar-refractivity contribution in [2.75, 3.05) is 18.5 Å². The third-order valence-corrected chi connectivity index (χ3v) is 2.42. The number of aliphatic carboxylic acids is 1. The van der Waals surface area contributed by atoms with Crippen LogP contribution in [0.25, 0.3) is 0 Å². The van der Waals surface area contributed by atoms with Gasteiger partial charge in [-0.1, -0.05) is 0 Å². The lowest BCUT2D eigenvalue weighted by Gasteiger charge is -2.21. The van der Waals surface area contributed by atoms with Crippen LogP contribution in [-0.4, -0.2) is 30.7 Å². The van der Waals surface area contributed by atoms with E-state index < -0.39 is 23.8 Å². The van der Waals surface area contributed by atoms with Crippen LogP contribution >= 0.6 is 0 Å². The first-order valence-electron chi connectivity index (χ1n) is 5.08. The first-order valence-corrected chi connectivity index (χ1v) is 5.08. The van der Waals surface area contributed by atoms with E-state index in [0.717, 1.165) is 12.1 Å². The quantitative estimate of drug-likeness (QED) is 0.864. The van der Waals surface area contributed by atoms with Crippen molar-refractivity contribution in [3.8, 4) is 0 Å².